The van der Waals surface area contributed by atoms with Crippen molar-refractivity contribution in [3.8, 4) is 29.5 Å². The fourth-order valence-corrected chi connectivity index (χ4v) is 1.42. The molecule has 0 radical (unpaired) electrons. The van der Waals surface area contributed by atoms with E-state index < -0.39 is 6.01 Å². The first-order chi connectivity index (χ1) is 9.12. The highest BCUT2D eigenvalue weighted by Gasteiger charge is 2.11. The smallest absolute Gasteiger partial charge is 0.331 e. The summed E-state index contributed by atoms with van der Waals surface area (Å²) in [5.74, 6) is 0.972. The van der Waals surface area contributed by atoms with Crippen LogP contribution in [0.4, 0.5) is 0 Å². The molecule has 7 nitrogen and oxygen atoms in total. The van der Waals surface area contributed by atoms with Crippen molar-refractivity contribution in [3.63, 3.8) is 0 Å². The summed E-state index contributed by atoms with van der Waals surface area (Å²) >= 11 is 0. The van der Waals surface area contributed by atoms with E-state index in [-0.39, 0.29) is 12.0 Å². The second-order valence-corrected chi connectivity index (χ2v) is 3.66. The molecular formula is C12H13N3O4. The molecule has 0 aliphatic rings. The highest BCUT2D eigenvalue weighted by atomic mass is 16.5. The molecule has 0 aliphatic carbocycles. The number of aromatic hydroxyl groups is 1. The summed E-state index contributed by atoms with van der Waals surface area (Å²) < 4.78 is 15.5. The summed E-state index contributed by atoms with van der Waals surface area (Å²) in [7, 11) is 2.91. The Balaban J connectivity index is 2.33. The van der Waals surface area contributed by atoms with Crippen LogP contribution in [0.2, 0.25) is 0 Å². The molecule has 0 saturated heterocycles. The van der Waals surface area contributed by atoms with Gasteiger partial charge in [0.1, 0.15) is 0 Å². The van der Waals surface area contributed by atoms with Crippen LogP contribution in [0.15, 0.2) is 18.2 Å². The van der Waals surface area contributed by atoms with E-state index in [0.717, 1.165) is 5.56 Å². The number of rotatable bonds is 4. The second-order valence-electron chi connectivity index (χ2n) is 3.66. The van der Waals surface area contributed by atoms with E-state index in [1.165, 1.54) is 14.2 Å². The van der Waals surface area contributed by atoms with Gasteiger partial charge >= 0.3 is 18.0 Å². The molecule has 1 aromatic heterocycles. The van der Waals surface area contributed by atoms with Crippen LogP contribution in [-0.2, 0) is 0 Å². The molecule has 0 atom stereocenters. The SMILES string of the molecule is COc1nc(O)nc(Oc2ccc(C)cc2OC)n1. The van der Waals surface area contributed by atoms with Gasteiger partial charge in [-0.1, -0.05) is 6.07 Å². The van der Waals surface area contributed by atoms with Gasteiger partial charge in [-0.05, 0) is 24.6 Å². The second kappa shape index (κ2) is 5.38. The number of hydrogen-bond acceptors (Lipinski definition) is 7. The van der Waals surface area contributed by atoms with Crippen LogP contribution < -0.4 is 14.2 Å². The molecule has 0 spiro atoms. The molecule has 2 rings (SSSR count). The normalized spacial score (nSPS) is 10.1. The van der Waals surface area contributed by atoms with Crippen molar-refractivity contribution >= 4 is 0 Å². The average Bonchev–Trinajstić information content (AvgIpc) is 2.40. The average molecular weight is 263 g/mol. The lowest BCUT2D eigenvalue weighted by Crippen LogP contribution is -1.99. The number of nitrogens with zero attached hydrogens (tertiary/aromatic N) is 3. The maximum absolute atomic E-state index is 9.32. The summed E-state index contributed by atoms with van der Waals surface area (Å²) in [6.07, 6.45) is 0. The van der Waals surface area contributed by atoms with Gasteiger partial charge in [0, 0.05) is 0 Å². The third-order valence-corrected chi connectivity index (χ3v) is 2.29. The lowest BCUT2D eigenvalue weighted by Gasteiger charge is -2.09. The standard InChI is InChI=1S/C12H13N3O4/c1-7-4-5-8(9(6-7)17-2)19-12-14-10(16)13-11(15-12)18-3/h4-6H,1-3H3,(H,13,14,15,16). The van der Waals surface area contributed by atoms with E-state index in [4.69, 9.17) is 14.2 Å². The maximum Gasteiger partial charge on any atom is 0.331 e. The minimum absolute atomic E-state index is 0.0337. The molecule has 19 heavy (non-hydrogen) atoms. The van der Waals surface area contributed by atoms with Gasteiger partial charge < -0.3 is 19.3 Å². The number of aryl methyl sites for hydroxylation is 1. The minimum atomic E-state index is -0.479. The lowest BCUT2D eigenvalue weighted by molar-refractivity contribution is 0.324. The minimum Gasteiger partial charge on any atom is -0.493 e. The third-order valence-electron chi connectivity index (χ3n) is 2.29. The Labute approximate surface area is 109 Å². The molecule has 0 amide bonds. The molecule has 100 valence electrons. The first-order valence-corrected chi connectivity index (χ1v) is 5.44. The summed E-state index contributed by atoms with van der Waals surface area (Å²) in [5.41, 5.74) is 1.03. The Bertz CT molecular complexity index is 589. The predicted molar refractivity (Wildman–Crippen MR) is 65.8 cm³/mol. The lowest BCUT2D eigenvalue weighted by atomic mass is 10.2. The zero-order valence-electron chi connectivity index (χ0n) is 10.7. The number of methoxy groups -OCH3 is 2. The molecular weight excluding hydrogens is 250 g/mol. The molecule has 1 heterocycles. The third kappa shape index (κ3) is 3.01. The van der Waals surface area contributed by atoms with E-state index in [1.54, 1.807) is 6.07 Å². The number of hydrogen-bond donors (Lipinski definition) is 1. The Kier molecular flexibility index (Phi) is 3.65. The Morgan fingerprint density at radius 3 is 2.37 bits per heavy atom. The van der Waals surface area contributed by atoms with Gasteiger partial charge in [-0.2, -0.15) is 0 Å². The van der Waals surface area contributed by atoms with Crippen LogP contribution in [0.5, 0.6) is 29.5 Å². The Morgan fingerprint density at radius 2 is 1.68 bits per heavy atom. The van der Waals surface area contributed by atoms with E-state index in [0.29, 0.717) is 11.5 Å². The van der Waals surface area contributed by atoms with Gasteiger partial charge in [-0.15, -0.1) is 15.0 Å². The van der Waals surface area contributed by atoms with Crippen molar-refractivity contribution in [3.05, 3.63) is 23.8 Å². The van der Waals surface area contributed by atoms with Crippen molar-refractivity contribution in [2.45, 2.75) is 6.92 Å². The predicted octanol–water partition coefficient (Wildman–Crippen LogP) is 1.70. The molecule has 1 N–H and O–H groups in total. The van der Waals surface area contributed by atoms with Crippen LogP contribution in [0, 0.1) is 6.92 Å². The van der Waals surface area contributed by atoms with Crippen molar-refractivity contribution < 1.29 is 19.3 Å². The van der Waals surface area contributed by atoms with Gasteiger partial charge in [-0.3, -0.25) is 0 Å². The molecule has 2 aromatic rings. The van der Waals surface area contributed by atoms with Gasteiger partial charge in [0.05, 0.1) is 14.2 Å². The summed E-state index contributed by atoms with van der Waals surface area (Å²) in [6, 6.07) is 4.80. The zero-order chi connectivity index (χ0) is 13.8. The van der Waals surface area contributed by atoms with Crippen molar-refractivity contribution in [2.24, 2.45) is 0 Å². The maximum atomic E-state index is 9.32. The first kappa shape index (κ1) is 12.9. The number of benzene rings is 1. The van der Waals surface area contributed by atoms with E-state index in [2.05, 4.69) is 15.0 Å². The fourth-order valence-electron chi connectivity index (χ4n) is 1.42. The van der Waals surface area contributed by atoms with Gasteiger partial charge in [0.2, 0.25) is 0 Å². The molecule has 0 fully saturated rings. The highest BCUT2D eigenvalue weighted by molar-refractivity contribution is 5.43. The summed E-state index contributed by atoms with van der Waals surface area (Å²) in [4.78, 5) is 11.1. The molecule has 0 saturated carbocycles. The topological polar surface area (TPSA) is 86.6 Å². The van der Waals surface area contributed by atoms with Gasteiger partial charge in [0.15, 0.2) is 11.5 Å². The van der Waals surface area contributed by atoms with Crippen LogP contribution in [0.1, 0.15) is 5.56 Å². The van der Waals surface area contributed by atoms with E-state index in [1.807, 2.05) is 19.1 Å². The largest absolute Gasteiger partial charge is 0.493 e. The van der Waals surface area contributed by atoms with Crippen molar-refractivity contribution in [2.75, 3.05) is 14.2 Å². The monoisotopic (exact) mass is 263 g/mol. The van der Waals surface area contributed by atoms with Crippen molar-refractivity contribution in [1.29, 1.82) is 0 Å². The van der Waals surface area contributed by atoms with Crippen LogP contribution in [0.3, 0.4) is 0 Å². The molecule has 7 heteroatoms. The first-order valence-electron chi connectivity index (χ1n) is 5.44. The number of ether oxygens (including phenoxy) is 3. The fraction of sp³-hybridized carbons (Fsp3) is 0.250. The van der Waals surface area contributed by atoms with Crippen LogP contribution >= 0.6 is 0 Å². The molecule has 0 unspecified atom stereocenters. The van der Waals surface area contributed by atoms with E-state index in [9.17, 15) is 5.11 Å². The van der Waals surface area contributed by atoms with Crippen LogP contribution in [-0.4, -0.2) is 34.3 Å². The zero-order valence-corrected chi connectivity index (χ0v) is 10.7. The molecule has 0 bridgehead atoms. The summed E-state index contributed by atoms with van der Waals surface area (Å²) in [6.45, 7) is 1.93. The van der Waals surface area contributed by atoms with Crippen LogP contribution in [0.25, 0.3) is 0 Å². The van der Waals surface area contributed by atoms with Gasteiger partial charge in [-0.25, -0.2) is 0 Å². The van der Waals surface area contributed by atoms with E-state index >= 15 is 0 Å². The Hall–Kier alpha value is -2.57. The molecule has 0 aliphatic heterocycles. The highest BCUT2D eigenvalue weighted by Crippen LogP contribution is 2.31. The number of aromatic nitrogens is 3. The van der Waals surface area contributed by atoms with Crippen molar-refractivity contribution in [1.82, 2.24) is 15.0 Å². The summed E-state index contributed by atoms with van der Waals surface area (Å²) in [5, 5.41) is 9.32. The van der Waals surface area contributed by atoms with Gasteiger partial charge in [0.25, 0.3) is 0 Å². The molecule has 1 aromatic carbocycles. The quantitative estimate of drug-likeness (QED) is 0.898. The Morgan fingerprint density at radius 1 is 0.947 bits per heavy atom.